The zero-order chi connectivity index (χ0) is 51.3. The number of benzene rings is 8. The van der Waals surface area contributed by atoms with Gasteiger partial charge < -0.3 is 4.57 Å². The van der Waals surface area contributed by atoms with Crippen LogP contribution in [-0.4, -0.2) is 19.5 Å². The van der Waals surface area contributed by atoms with Crippen LogP contribution in [0.3, 0.4) is 0 Å². The molecule has 0 aliphatic rings. The number of rotatable bonds is 7. The maximum absolute atomic E-state index is 9.28. The van der Waals surface area contributed by atoms with Gasteiger partial charge in [-0.3, -0.25) is 0 Å². The van der Waals surface area contributed by atoms with Gasteiger partial charge in [0, 0.05) is 27.5 Å². The predicted molar refractivity (Wildman–Crippen MR) is 227 cm³/mol. The molecule has 10 aromatic rings. The zero-order valence-corrected chi connectivity index (χ0v) is 28.6. The quantitative estimate of drug-likeness (QED) is 0.165. The van der Waals surface area contributed by atoms with E-state index in [2.05, 4.69) is 0 Å². The van der Waals surface area contributed by atoms with Crippen LogP contribution in [0, 0.1) is 0 Å². The molecule has 10 rings (SSSR count). The third-order valence-electron chi connectivity index (χ3n) is 9.13. The smallest absolute Gasteiger partial charge is 0.166 e. The fraction of sp³-hybridized carbons (Fsp3) is 0. The molecule has 0 unspecified atom stereocenters. The molecule has 2 aromatic heterocycles. The second-order valence-corrected chi connectivity index (χ2v) is 12.4. The standard InChI is InChI=1S/C51H34N4/c1-4-16-35(17-5-1)38-22-14-24-40(32-38)41-30-31-48(55-46-28-12-10-26-43(46)44-27-11-13-29-47(44)55)45(34-41)51-53-49(37-20-8-3-9-21-37)52-50(54-51)42-25-15-23-39(33-42)36-18-6-2-7-19-36/h1-34H/i1D,3D,4D,5D,8D,9D,10D,11D,12D,16D,17D,20D,21D,26D,27D,28D,29D. The summed E-state index contributed by atoms with van der Waals surface area (Å²) in [7, 11) is 0. The third kappa shape index (κ3) is 6.06. The summed E-state index contributed by atoms with van der Waals surface area (Å²) in [5.41, 5.74) is 2.80. The van der Waals surface area contributed by atoms with Gasteiger partial charge in [-0.15, -0.1) is 0 Å². The Labute approximate surface area is 343 Å². The highest BCUT2D eigenvalue weighted by molar-refractivity contribution is 6.09. The number of nitrogens with zero attached hydrogens (tertiary/aromatic N) is 4. The average Bonchev–Trinajstić information content (AvgIpc) is 3.76. The highest BCUT2D eigenvalue weighted by Crippen LogP contribution is 2.39. The fourth-order valence-electron chi connectivity index (χ4n) is 6.61. The Morgan fingerprint density at radius 1 is 0.345 bits per heavy atom. The van der Waals surface area contributed by atoms with Gasteiger partial charge in [-0.1, -0.05) is 169 Å². The molecule has 4 heteroatoms. The van der Waals surface area contributed by atoms with Crippen LogP contribution in [0.2, 0.25) is 0 Å². The first-order valence-corrected chi connectivity index (χ1v) is 17.1. The summed E-state index contributed by atoms with van der Waals surface area (Å²) in [6.45, 7) is 0. The molecule has 0 saturated heterocycles. The molecule has 0 bridgehead atoms. The van der Waals surface area contributed by atoms with E-state index in [1.165, 1.54) is 4.57 Å². The predicted octanol–water partition coefficient (Wildman–Crippen LogP) is 13.0. The van der Waals surface area contributed by atoms with E-state index >= 15 is 0 Å². The van der Waals surface area contributed by atoms with Crippen molar-refractivity contribution < 1.29 is 23.3 Å². The summed E-state index contributed by atoms with van der Waals surface area (Å²) in [5.74, 6) is -0.498. The summed E-state index contributed by atoms with van der Waals surface area (Å²) >= 11 is 0. The Balaban J connectivity index is 1.35. The fourth-order valence-corrected chi connectivity index (χ4v) is 6.61. The summed E-state index contributed by atoms with van der Waals surface area (Å²) in [5, 5.41) is -0.219. The molecule has 0 aliphatic heterocycles. The van der Waals surface area contributed by atoms with Gasteiger partial charge in [-0.2, -0.15) is 0 Å². The lowest BCUT2D eigenvalue weighted by molar-refractivity contribution is 1.06. The van der Waals surface area contributed by atoms with Crippen molar-refractivity contribution >= 4 is 21.8 Å². The molecule has 0 saturated carbocycles. The van der Waals surface area contributed by atoms with Crippen molar-refractivity contribution in [3.63, 3.8) is 0 Å². The van der Waals surface area contributed by atoms with Crippen LogP contribution in [-0.2, 0) is 0 Å². The van der Waals surface area contributed by atoms with E-state index in [-0.39, 0.29) is 79.3 Å². The largest absolute Gasteiger partial charge is 0.309 e. The number of hydrogen-bond donors (Lipinski definition) is 0. The van der Waals surface area contributed by atoms with Crippen LogP contribution < -0.4 is 0 Å². The molecule has 0 atom stereocenters. The maximum atomic E-state index is 9.28. The van der Waals surface area contributed by atoms with Crippen molar-refractivity contribution in [2.75, 3.05) is 0 Å². The lowest BCUT2D eigenvalue weighted by Crippen LogP contribution is -2.04. The average molecular weight is 720 g/mol. The molecule has 4 nitrogen and oxygen atoms in total. The van der Waals surface area contributed by atoms with Crippen LogP contribution in [0.15, 0.2) is 206 Å². The van der Waals surface area contributed by atoms with E-state index in [0.717, 1.165) is 17.2 Å². The Kier molecular flexibility index (Phi) is 4.80. The maximum Gasteiger partial charge on any atom is 0.166 e. The molecular formula is C51H34N4. The molecule has 0 fully saturated rings. The molecule has 0 N–H and O–H groups in total. The minimum atomic E-state index is -0.648. The number of para-hydroxylation sites is 2. The minimum Gasteiger partial charge on any atom is -0.309 e. The van der Waals surface area contributed by atoms with Gasteiger partial charge in [0.15, 0.2) is 17.5 Å². The third-order valence-corrected chi connectivity index (χ3v) is 9.13. The summed E-state index contributed by atoms with van der Waals surface area (Å²) in [4.78, 5) is 14.6. The minimum absolute atomic E-state index is 0.00302. The first-order valence-electron chi connectivity index (χ1n) is 25.6. The normalized spacial score (nSPS) is 15.6. The van der Waals surface area contributed by atoms with E-state index in [9.17, 15) is 2.74 Å². The number of hydrogen-bond acceptors (Lipinski definition) is 3. The summed E-state index contributed by atoms with van der Waals surface area (Å²) < 4.78 is 150. The van der Waals surface area contributed by atoms with Crippen LogP contribution in [0.4, 0.5) is 0 Å². The Hall–Kier alpha value is -7.43. The van der Waals surface area contributed by atoms with Crippen LogP contribution >= 0.6 is 0 Å². The molecule has 0 spiro atoms. The van der Waals surface area contributed by atoms with Gasteiger partial charge in [0.05, 0.1) is 40.0 Å². The topological polar surface area (TPSA) is 43.6 Å². The SMILES string of the molecule is [2H]c1cc([2H])c2c(c1[2H])c1c([2H])c([2H])c([2H])c([2H])c1n2-c1ccc(-c2cccc(-c3c([2H])c([2H])c([2H])c([2H])c3[2H])c2)cc1-c1nc(-c2cccc(-c3ccccc3)c2)nc(-c2c([2H])c([2H])c([2H])c([2H])c2[2H])n1. The lowest BCUT2D eigenvalue weighted by Gasteiger charge is -2.17. The molecule has 0 radical (unpaired) electrons. The number of fused-ring (bicyclic) bond motifs is 3. The van der Waals surface area contributed by atoms with E-state index in [4.69, 9.17) is 35.5 Å². The molecule has 258 valence electrons. The second kappa shape index (κ2) is 13.8. The van der Waals surface area contributed by atoms with Crippen LogP contribution in [0.1, 0.15) is 23.3 Å². The van der Waals surface area contributed by atoms with Crippen LogP contribution in [0.5, 0.6) is 0 Å². The second-order valence-electron chi connectivity index (χ2n) is 12.4. The number of aromatic nitrogens is 4. The summed E-state index contributed by atoms with van der Waals surface area (Å²) in [6.07, 6.45) is 0. The van der Waals surface area contributed by atoms with Crippen molar-refractivity contribution in [3.05, 3.63) is 206 Å². The van der Waals surface area contributed by atoms with Gasteiger partial charge in [-0.05, 0) is 69.7 Å². The Bertz CT molecular complexity index is 3910. The van der Waals surface area contributed by atoms with Gasteiger partial charge in [0.1, 0.15) is 0 Å². The highest BCUT2D eigenvalue weighted by Gasteiger charge is 2.20. The van der Waals surface area contributed by atoms with Crippen molar-refractivity contribution in [2.45, 2.75) is 0 Å². The van der Waals surface area contributed by atoms with Crippen molar-refractivity contribution in [2.24, 2.45) is 0 Å². The van der Waals surface area contributed by atoms with E-state index < -0.39 is 90.6 Å². The van der Waals surface area contributed by atoms with Gasteiger partial charge >= 0.3 is 0 Å². The van der Waals surface area contributed by atoms with Gasteiger partial charge in [0.2, 0.25) is 0 Å². The van der Waals surface area contributed by atoms with Gasteiger partial charge in [0.25, 0.3) is 0 Å². The molecular weight excluding hydrogens is 669 g/mol. The molecule has 0 amide bonds. The summed E-state index contributed by atoms with van der Waals surface area (Å²) in [6, 6.07) is 20.3. The monoisotopic (exact) mass is 719 g/mol. The van der Waals surface area contributed by atoms with Crippen molar-refractivity contribution in [1.82, 2.24) is 19.5 Å². The van der Waals surface area contributed by atoms with Crippen molar-refractivity contribution in [3.8, 4) is 73.2 Å². The first kappa shape index (κ1) is 19.1. The molecule has 2 heterocycles. The van der Waals surface area contributed by atoms with Gasteiger partial charge in [-0.25, -0.2) is 15.0 Å². The van der Waals surface area contributed by atoms with Crippen LogP contribution in [0.25, 0.3) is 95.0 Å². The lowest BCUT2D eigenvalue weighted by atomic mass is 9.97. The molecule has 8 aromatic carbocycles. The highest BCUT2D eigenvalue weighted by atomic mass is 15.1. The zero-order valence-electron chi connectivity index (χ0n) is 45.6. The van der Waals surface area contributed by atoms with E-state index in [1.54, 1.807) is 54.6 Å². The Morgan fingerprint density at radius 2 is 0.873 bits per heavy atom. The van der Waals surface area contributed by atoms with Crippen molar-refractivity contribution in [1.29, 1.82) is 0 Å². The molecule has 0 aliphatic carbocycles. The van der Waals surface area contributed by atoms with E-state index in [0.29, 0.717) is 16.7 Å². The van der Waals surface area contributed by atoms with E-state index in [1.807, 2.05) is 42.5 Å². The molecule has 55 heavy (non-hydrogen) atoms. The Morgan fingerprint density at radius 3 is 1.64 bits per heavy atom. The first-order chi connectivity index (χ1) is 34.3.